The minimum absolute atomic E-state index is 0. The van der Waals surface area contributed by atoms with Crippen LogP contribution in [0.2, 0.25) is 0 Å². The molecule has 2 rings (SSSR count). The summed E-state index contributed by atoms with van der Waals surface area (Å²) < 4.78 is 25.1. The maximum absolute atomic E-state index is 12.6. The Morgan fingerprint density at radius 2 is 1.83 bits per heavy atom. The van der Waals surface area contributed by atoms with Crippen LogP contribution in [0.3, 0.4) is 0 Å². The van der Waals surface area contributed by atoms with E-state index in [0.717, 1.165) is 26.2 Å². The van der Waals surface area contributed by atoms with E-state index >= 15 is 0 Å². The van der Waals surface area contributed by atoms with Crippen molar-refractivity contribution < 1.29 is 13.6 Å². The molecule has 2 fully saturated rings. The van der Waals surface area contributed by atoms with Gasteiger partial charge in [0.1, 0.15) is 6.29 Å². The van der Waals surface area contributed by atoms with E-state index in [1.165, 1.54) is 0 Å². The van der Waals surface area contributed by atoms with Gasteiger partial charge in [-0.1, -0.05) is 0 Å². The van der Waals surface area contributed by atoms with Crippen molar-refractivity contribution in [1.29, 1.82) is 0 Å². The zero-order chi connectivity index (χ0) is 11.5. The van der Waals surface area contributed by atoms with Crippen LogP contribution in [0.25, 0.3) is 0 Å². The summed E-state index contributed by atoms with van der Waals surface area (Å²) in [5.74, 6) is -0.312. The number of hydrogen-bond acceptors (Lipinski definition) is 4. The van der Waals surface area contributed by atoms with Gasteiger partial charge in [0.15, 0.2) is 0 Å². The maximum atomic E-state index is 12.6. The molecule has 3 N–H and O–H groups in total. The van der Waals surface area contributed by atoms with Crippen LogP contribution in [0.5, 0.6) is 0 Å². The first-order valence-corrected chi connectivity index (χ1v) is 5.45. The highest BCUT2D eigenvalue weighted by molar-refractivity contribution is 5.85. The second-order valence-corrected chi connectivity index (χ2v) is 4.07. The van der Waals surface area contributed by atoms with E-state index < -0.39 is 18.8 Å². The van der Waals surface area contributed by atoms with Crippen molar-refractivity contribution in [2.75, 3.05) is 26.2 Å². The number of nitrogens with zero attached hydrogens (tertiary/aromatic N) is 1. The third-order valence-corrected chi connectivity index (χ3v) is 2.90. The van der Waals surface area contributed by atoms with Gasteiger partial charge in [-0.3, -0.25) is 15.0 Å². The highest BCUT2D eigenvalue weighted by atomic mass is 35.5. The number of piperazine rings is 1. The molecule has 5 nitrogen and oxygen atoms in total. The van der Waals surface area contributed by atoms with E-state index in [1.54, 1.807) is 0 Å². The molecule has 2 aliphatic heterocycles. The SMILES string of the molecule is Cl.Cl.O=C1CC(C(F)F)NC(N2CCNCC2)N1. The fraction of sp³-hybridized carbons (Fsp3) is 0.889. The van der Waals surface area contributed by atoms with Gasteiger partial charge in [-0.25, -0.2) is 8.78 Å². The van der Waals surface area contributed by atoms with Gasteiger partial charge in [-0.15, -0.1) is 24.8 Å². The highest BCUT2D eigenvalue weighted by Gasteiger charge is 2.34. The number of alkyl halides is 2. The second kappa shape index (κ2) is 8.06. The number of rotatable bonds is 2. The Kier molecular flexibility index (Phi) is 7.97. The van der Waals surface area contributed by atoms with E-state index in [-0.39, 0.29) is 37.1 Å². The van der Waals surface area contributed by atoms with Crippen LogP contribution in [0.4, 0.5) is 8.78 Å². The predicted octanol–water partition coefficient (Wildman–Crippen LogP) is -0.238. The van der Waals surface area contributed by atoms with Crippen LogP contribution >= 0.6 is 24.8 Å². The molecule has 0 radical (unpaired) electrons. The largest absolute Gasteiger partial charge is 0.328 e. The molecule has 0 aromatic heterocycles. The van der Waals surface area contributed by atoms with Crippen LogP contribution in [-0.4, -0.2) is 55.7 Å². The highest BCUT2D eigenvalue weighted by Crippen LogP contribution is 2.11. The van der Waals surface area contributed by atoms with Gasteiger partial charge in [-0.2, -0.15) is 0 Å². The molecular weight excluding hydrogens is 289 g/mol. The van der Waals surface area contributed by atoms with Gasteiger partial charge in [0.2, 0.25) is 5.91 Å². The van der Waals surface area contributed by atoms with Gasteiger partial charge < -0.3 is 10.6 Å². The van der Waals surface area contributed by atoms with E-state index in [2.05, 4.69) is 16.0 Å². The number of hydrogen-bond donors (Lipinski definition) is 3. The molecule has 2 aliphatic rings. The van der Waals surface area contributed by atoms with Crippen molar-refractivity contribution >= 4 is 30.7 Å². The molecule has 2 saturated heterocycles. The monoisotopic (exact) mass is 306 g/mol. The van der Waals surface area contributed by atoms with Crippen LogP contribution in [0.15, 0.2) is 0 Å². The summed E-state index contributed by atoms with van der Waals surface area (Å²) in [5, 5.41) is 8.62. The first-order chi connectivity index (χ1) is 7.66. The molecule has 0 aromatic rings. The zero-order valence-electron chi connectivity index (χ0n) is 9.70. The third-order valence-electron chi connectivity index (χ3n) is 2.90. The van der Waals surface area contributed by atoms with Gasteiger partial charge in [0.05, 0.1) is 6.04 Å². The van der Waals surface area contributed by atoms with Crippen molar-refractivity contribution in [2.24, 2.45) is 0 Å². The summed E-state index contributed by atoms with van der Waals surface area (Å²) in [6.45, 7) is 3.11. The summed E-state index contributed by atoms with van der Waals surface area (Å²) in [4.78, 5) is 13.3. The minimum atomic E-state index is -2.50. The lowest BCUT2D eigenvalue weighted by Crippen LogP contribution is -2.67. The molecule has 0 spiro atoms. The molecule has 0 saturated carbocycles. The predicted molar refractivity (Wildman–Crippen MR) is 68.4 cm³/mol. The topological polar surface area (TPSA) is 56.4 Å². The average molecular weight is 307 g/mol. The normalized spacial score (nSPS) is 29.2. The molecule has 2 heterocycles. The fourth-order valence-corrected chi connectivity index (χ4v) is 2.01. The molecule has 0 aromatic carbocycles. The van der Waals surface area contributed by atoms with Gasteiger partial charge in [-0.05, 0) is 0 Å². The Balaban J connectivity index is 0.00000144. The average Bonchev–Trinajstić information content (AvgIpc) is 2.29. The quantitative estimate of drug-likeness (QED) is 0.659. The lowest BCUT2D eigenvalue weighted by Gasteiger charge is -2.40. The molecule has 0 aliphatic carbocycles. The van der Waals surface area contributed by atoms with Crippen molar-refractivity contribution in [3.63, 3.8) is 0 Å². The lowest BCUT2D eigenvalue weighted by atomic mass is 10.1. The molecule has 0 bridgehead atoms. The molecule has 108 valence electrons. The van der Waals surface area contributed by atoms with Gasteiger partial charge in [0, 0.05) is 32.6 Å². The molecule has 18 heavy (non-hydrogen) atoms. The van der Waals surface area contributed by atoms with Crippen molar-refractivity contribution in [3.8, 4) is 0 Å². The summed E-state index contributed by atoms with van der Waals surface area (Å²) >= 11 is 0. The standard InChI is InChI=1S/C9H16F2N4O.2ClH/c10-8(11)6-5-7(16)14-9(13-6)15-3-1-12-2-4-15;;/h6,8-9,12-13H,1-5H2,(H,14,16);2*1H. The number of carbonyl (C=O) groups excluding carboxylic acids is 1. The van der Waals surface area contributed by atoms with E-state index in [9.17, 15) is 13.6 Å². The Hall–Kier alpha value is -0.210. The smallest absolute Gasteiger partial charge is 0.254 e. The Morgan fingerprint density at radius 3 is 2.39 bits per heavy atom. The summed E-state index contributed by atoms with van der Waals surface area (Å²) in [6.07, 6.45) is -3.11. The van der Waals surface area contributed by atoms with E-state index in [1.807, 2.05) is 4.90 Å². The number of nitrogens with one attached hydrogen (secondary N) is 3. The van der Waals surface area contributed by atoms with Crippen molar-refractivity contribution in [2.45, 2.75) is 25.2 Å². The first-order valence-electron chi connectivity index (χ1n) is 5.45. The first kappa shape index (κ1) is 17.8. The summed E-state index contributed by atoms with van der Waals surface area (Å²) in [7, 11) is 0. The number of amides is 1. The Bertz CT molecular complexity index is 267. The molecule has 9 heteroatoms. The van der Waals surface area contributed by atoms with Gasteiger partial charge >= 0.3 is 0 Å². The minimum Gasteiger partial charge on any atom is -0.328 e. The van der Waals surface area contributed by atoms with Crippen molar-refractivity contribution in [3.05, 3.63) is 0 Å². The molecule has 2 unspecified atom stereocenters. The Labute approximate surface area is 117 Å². The van der Waals surface area contributed by atoms with Crippen LogP contribution in [0.1, 0.15) is 6.42 Å². The van der Waals surface area contributed by atoms with Crippen LogP contribution in [0, 0.1) is 0 Å². The zero-order valence-corrected chi connectivity index (χ0v) is 11.3. The molecular formula is C9H18Cl2F2N4O. The molecule has 1 amide bonds. The number of halogens is 4. The number of carbonyl (C=O) groups is 1. The summed E-state index contributed by atoms with van der Waals surface area (Å²) in [6, 6.07) is -1.03. The third kappa shape index (κ3) is 4.47. The Morgan fingerprint density at radius 1 is 1.22 bits per heavy atom. The van der Waals surface area contributed by atoms with E-state index in [4.69, 9.17) is 0 Å². The second-order valence-electron chi connectivity index (χ2n) is 4.07. The van der Waals surface area contributed by atoms with E-state index in [0.29, 0.717) is 0 Å². The molecule has 2 atom stereocenters. The fourth-order valence-electron chi connectivity index (χ4n) is 2.01. The van der Waals surface area contributed by atoms with Crippen molar-refractivity contribution in [1.82, 2.24) is 20.9 Å². The van der Waals surface area contributed by atoms with Crippen LogP contribution < -0.4 is 16.0 Å². The van der Waals surface area contributed by atoms with Gasteiger partial charge in [0.25, 0.3) is 6.43 Å². The van der Waals surface area contributed by atoms with Crippen LogP contribution in [-0.2, 0) is 4.79 Å². The lowest BCUT2D eigenvalue weighted by molar-refractivity contribution is -0.129. The maximum Gasteiger partial charge on any atom is 0.254 e. The summed E-state index contributed by atoms with van der Waals surface area (Å²) in [5.41, 5.74) is 0.